The summed E-state index contributed by atoms with van der Waals surface area (Å²) in [7, 11) is 0. The Hall–Kier alpha value is -1.55. The SMILES string of the molecule is C[C@@H](O)[C@@H](NC(=O)O)c1ccccc1. The van der Waals surface area contributed by atoms with Gasteiger partial charge in [-0.25, -0.2) is 4.79 Å². The molecule has 1 rings (SSSR count). The number of aliphatic hydroxyl groups excluding tert-OH is 1. The summed E-state index contributed by atoms with van der Waals surface area (Å²) in [5, 5.41) is 20.2. The first-order valence-electron chi connectivity index (χ1n) is 4.33. The van der Waals surface area contributed by atoms with Crippen molar-refractivity contribution in [3.8, 4) is 0 Å². The van der Waals surface area contributed by atoms with Crippen molar-refractivity contribution in [3.63, 3.8) is 0 Å². The molecule has 0 fully saturated rings. The van der Waals surface area contributed by atoms with Crippen molar-refractivity contribution < 1.29 is 15.0 Å². The van der Waals surface area contributed by atoms with E-state index < -0.39 is 18.2 Å². The van der Waals surface area contributed by atoms with E-state index in [4.69, 9.17) is 5.11 Å². The summed E-state index contributed by atoms with van der Waals surface area (Å²) < 4.78 is 0. The third-order valence-corrected chi connectivity index (χ3v) is 1.92. The monoisotopic (exact) mass is 195 g/mol. The quantitative estimate of drug-likeness (QED) is 0.682. The van der Waals surface area contributed by atoms with Gasteiger partial charge >= 0.3 is 6.09 Å². The van der Waals surface area contributed by atoms with Gasteiger partial charge in [0.2, 0.25) is 0 Å². The standard InChI is InChI=1S/C10H13NO3/c1-7(12)9(11-10(13)14)8-5-3-2-4-6-8/h2-7,9,11-12H,1H3,(H,13,14)/t7-,9-/m1/s1. The summed E-state index contributed by atoms with van der Waals surface area (Å²) in [6.07, 6.45) is -1.90. The number of benzene rings is 1. The highest BCUT2D eigenvalue weighted by atomic mass is 16.4. The number of aliphatic hydroxyl groups is 1. The second-order valence-electron chi connectivity index (χ2n) is 3.08. The zero-order chi connectivity index (χ0) is 10.6. The number of hydrogen-bond donors (Lipinski definition) is 3. The normalized spacial score (nSPS) is 14.4. The summed E-state index contributed by atoms with van der Waals surface area (Å²) in [5.41, 5.74) is 0.755. The highest BCUT2D eigenvalue weighted by Gasteiger charge is 2.18. The first kappa shape index (κ1) is 10.5. The number of hydrogen-bond acceptors (Lipinski definition) is 2. The smallest absolute Gasteiger partial charge is 0.405 e. The third-order valence-electron chi connectivity index (χ3n) is 1.92. The molecule has 1 amide bonds. The predicted molar refractivity (Wildman–Crippen MR) is 52.0 cm³/mol. The average Bonchev–Trinajstić information content (AvgIpc) is 2.15. The predicted octanol–water partition coefficient (Wildman–Crippen LogP) is 1.38. The molecule has 14 heavy (non-hydrogen) atoms. The highest BCUT2D eigenvalue weighted by molar-refractivity contribution is 5.65. The highest BCUT2D eigenvalue weighted by Crippen LogP contribution is 2.16. The molecule has 0 radical (unpaired) electrons. The van der Waals surface area contributed by atoms with Crippen molar-refractivity contribution in [1.82, 2.24) is 5.32 Å². The fraction of sp³-hybridized carbons (Fsp3) is 0.300. The Morgan fingerprint density at radius 1 is 1.36 bits per heavy atom. The molecule has 0 saturated heterocycles. The second kappa shape index (κ2) is 4.62. The minimum Gasteiger partial charge on any atom is -0.465 e. The van der Waals surface area contributed by atoms with Crippen LogP contribution in [-0.4, -0.2) is 22.4 Å². The van der Waals surface area contributed by atoms with E-state index >= 15 is 0 Å². The van der Waals surface area contributed by atoms with E-state index in [1.165, 1.54) is 0 Å². The molecule has 0 spiro atoms. The molecule has 0 aliphatic heterocycles. The molecule has 0 heterocycles. The van der Waals surface area contributed by atoms with Crippen molar-refractivity contribution in [2.24, 2.45) is 0 Å². The van der Waals surface area contributed by atoms with Crippen molar-refractivity contribution in [1.29, 1.82) is 0 Å². The van der Waals surface area contributed by atoms with Crippen LogP contribution in [0.5, 0.6) is 0 Å². The van der Waals surface area contributed by atoms with Gasteiger partial charge in [0.25, 0.3) is 0 Å². The lowest BCUT2D eigenvalue weighted by Gasteiger charge is -2.19. The molecule has 0 aliphatic carbocycles. The molecule has 3 N–H and O–H groups in total. The second-order valence-corrected chi connectivity index (χ2v) is 3.08. The molecule has 4 heteroatoms. The fourth-order valence-electron chi connectivity index (χ4n) is 1.28. The van der Waals surface area contributed by atoms with Crippen LogP contribution in [0.3, 0.4) is 0 Å². The van der Waals surface area contributed by atoms with Crippen LogP contribution in [0.2, 0.25) is 0 Å². The summed E-state index contributed by atoms with van der Waals surface area (Å²) in [6.45, 7) is 1.55. The lowest BCUT2D eigenvalue weighted by atomic mass is 10.0. The first-order valence-corrected chi connectivity index (χ1v) is 4.33. The molecule has 4 nitrogen and oxygen atoms in total. The summed E-state index contributed by atoms with van der Waals surface area (Å²) in [6, 6.07) is 8.40. The molecule has 0 aromatic heterocycles. The van der Waals surface area contributed by atoms with Gasteiger partial charge in [0.1, 0.15) is 0 Å². The largest absolute Gasteiger partial charge is 0.465 e. The Morgan fingerprint density at radius 3 is 2.36 bits per heavy atom. The van der Waals surface area contributed by atoms with Gasteiger partial charge in [-0.05, 0) is 12.5 Å². The van der Waals surface area contributed by atoms with E-state index in [0.717, 1.165) is 5.56 Å². The molecule has 2 atom stereocenters. The Bertz CT molecular complexity index is 297. The lowest BCUT2D eigenvalue weighted by Crippen LogP contribution is -2.33. The number of rotatable bonds is 3. The van der Waals surface area contributed by atoms with Crippen LogP contribution >= 0.6 is 0 Å². The molecular weight excluding hydrogens is 182 g/mol. The zero-order valence-electron chi connectivity index (χ0n) is 7.84. The van der Waals surface area contributed by atoms with Crippen LogP contribution in [0.1, 0.15) is 18.5 Å². The maximum Gasteiger partial charge on any atom is 0.405 e. The average molecular weight is 195 g/mol. The van der Waals surface area contributed by atoms with Crippen LogP contribution in [0.4, 0.5) is 4.79 Å². The van der Waals surface area contributed by atoms with Gasteiger partial charge in [-0.1, -0.05) is 30.3 Å². The molecule has 1 aromatic carbocycles. The van der Waals surface area contributed by atoms with Gasteiger partial charge in [-0.3, -0.25) is 0 Å². The molecule has 0 unspecified atom stereocenters. The maximum absolute atomic E-state index is 10.5. The summed E-state index contributed by atoms with van der Waals surface area (Å²) >= 11 is 0. The van der Waals surface area contributed by atoms with Crippen molar-refractivity contribution in [2.45, 2.75) is 19.1 Å². The van der Waals surface area contributed by atoms with Crippen molar-refractivity contribution >= 4 is 6.09 Å². The number of nitrogens with one attached hydrogen (secondary N) is 1. The van der Waals surface area contributed by atoms with Gasteiger partial charge in [-0.15, -0.1) is 0 Å². The third kappa shape index (κ3) is 2.74. The van der Waals surface area contributed by atoms with Gasteiger partial charge in [-0.2, -0.15) is 0 Å². The van der Waals surface area contributed by atoms with E-state index in [9.17, 15) is 9.90 Å². The van der Waals surface area contributed by atoms with Crippen LogP contribution in [0.25, 0.3) is 0 Å². The van der Waals surface area contributed by atoms with E-state index in [2.05, 4.69) is 5.32 Å². The maximum atomic E-state index is 10.5. The summed E-state index contributed by atoms with van der Waals surface area (Å²) in [5.74, 6) is 0. The first-order chi connectivity index (χ1) is 6.61. The minimum absolute atomic E-state index is 0.575. The topological polar surface area (TPSA) is 69.6 Å². The van der Waals surface area contributed by atoms with Gasteiger partial charge in [0, 0.05) is 0 Å². The van der Waals surface area contributed by atoms with Crippen LogP contribution in [-0.2, 0) is 0 Å². The Kier molecular flexibility index (Phi) is 3.48. The number of carbonyl (C=O) groups is 1. The van der Waals surface area contributed by atoms with E-state index in [1.54, 1.807) is 31.2 Å². The molecule has 0 bridgehead atoms. The van der Waals surface area contributed by atoms with E-state index in [0.29, 0.717) is 0 Å². The molecule has 0 saturated carbocycles. The number of carboxylic acid groups (broad SMARTS) is 1. The molecule has 76 valence electrons. The lowest BCUT2D eigenvalue weighted by molar-refractivity contribution is 0.133. The van der Waals surface area contributed by atoms with Gasteiger partial charge in [0.15, 0.2) is 0 Å². The summed E-state index contributed by atoms with van der Waals surface area (Å²) in [4.78, 5) is 10.5. The molecule has 0 aliphatic rings. The Labute approximate surface area is 82.2 Å². The van der Waals surface area contributed by atoms with Crippen LogP contribution < -0.4 is 5.32 Å². The zero-order valence-corrected chi connectivity index (χ0v) is 7.84. The molecular formula is C10H13NO3. The van der Waals surface area contributed by atoms with Gasteiger partial charge in [0.05, 0.1) is 12.1 Å². The van der Waals surface area contributed by atoms with Crippen LogP contribution in [0, 0.1) is 0 Å². The Balaban J connectivity index is 2.83. The minimum atomic E-state index is -1.14. The fourth-order valence-corrected chi connectivity index (χ4v) is 1.28. The number of amides is 1. The van der Waals surface area contributed by atoms with Crippen LogP contribution in [0.15, 0.2) is 30.3 Å². The van der Waals surface area contributed by atoms with Crippen molar-refractivity contribution in [2.75, 3.05) is 0 Å². The Morgan fingerprint density at radius 2 is 1.93 bits per heavy atom. The van der Waals surface area contributed by atoms with Gasteiger partial charge < -0.3 is 15.5 Å². The van der Waals surface area contributed by atoms with E-state index in [-0.39, 0.29) is 0 Å². The molecule has 1 aromatic rings. The van der Waals surface area contributed by atoms with E-state index in [1.807, 2.05) is 6.07 Å². The van der Waals surface area contributed by atoms with Crippen molar-refractivity contribution in [3.05, 3.63) is 35.9 Å².